The minimum atomic E-state index is -0.708. The molecule has 1 aliphatic carbocycles. The van der Waals surface area contributed by atoms with Crippen molar-refractivity contribution in [2.24, 2.45) is 5.92 Å². The van der Waals surface area contributed by atoms with Crippen LogP contribution in [-0.2, 0) is 4.79 Å². The van der Waals surface area contributed by atoms with Gasteiger partial charge in [-0.15, -0.1) is 0 Å². The molecule has 0 aromatic heterocycles. The number of aliphatic carboxylic acids is 1. The predicted octanol–water partition coefficient (Wildman–Crippen LogP) is 0.487. The summed E-state index contributed by atoms with van der Waals surface area (Å²) in [5.41, 5.74) is 0. The zero-order chi connectivity index (χ0) is 10.8. The molecule has 1 aliphatic heterocycles. The first-order valence-electron chi connectivity index (χ1n) is 5.83. The van der Waals surface area contributed by atoms with Crippen molar-refractivity contribution in [1.82, 2.24) is 9.80 Å². The summed E-state index contributed by atoms with van der Waals surface area (Å²) in [6.45, 7) is 6.43. The maximum atomic E-state index is 10.5. The normalized spacial score (nSPS) is 33.7. The van der Waals surface area contributed by atoms with E-state index in [2.05, 4.69) is 11.8 Å². The first-order valence-corrected chi connectivity index (χ1v) is 5.83. The molecule has 0 atom stereocenters. The number of rotatable bonds is 3. The second-order valence-electron chi connectivity index (χ2n) is 4.94. The van der Waals surface area contributed by atoms with E-state index >= 15 is 0 Å². The van der Waals surface area contributed by atoms with E-state index in [-0.39, 0.29) is 6.54 Å². The molecule has 0 amide bonds. The molecule has 15 heavy (non-hydrogen) atoms. The van der Waals surface area contributed by atoms with Gasteiger partial charge in [0.05, 0.1) is 6.54 Å². The third kappa shape index (κ3) is 2.69. The number of carboxylic acids is 1. The van der Waals surface area contributed by atoms with Crippen LogP contribution in [0.2, 0.25) is 0 Å². The Labute approximate surface area is 90.9 Å². The van der Waals surface area contributed by atoms with Gasteiger partial charge in [0.15, 0.2) is 0 Å². The highest BCUT2D eigenvalue weighted by atomic mass is 16.4. The highest BCUT2D eigenvalue weighted by molar-refractivity contribution is 5.69. The summed E-state index contributed by atoms with van der Waals surface area (Å²) < 4.78 is 0. The van der Waals surface area contributed by atoms with Crippen LogP contribution in [-0.4, -0.2) is 59.6 Å². The Morgan fingerprint density at radius 1 is 1.27 bits per heavy atom. The van der Waals surface area contributed by atoms with Crippen LogP contribution < -0.4 is 0 Å². The molecule has 2 rings (SSSR count). The molecular weight excluding hydrogens is 192 g/mol. The van der Waals surface area contributed by atoms with Crippen LogP contribution in [0.4, 0.5) is 0 Å². The largest absolute Gasteiger partial charge is 0.480 e. The van der Waals surface area contributed by atoms with Crippen molar-refractivity contribution in [3.05, 3.63) is 0 Å². The van der Waals surface area contributed by atoms with Gasteiger partial charge >= 0.3 is 5.97 Å². The molecular formula is C11H20N2O2. The van der Waals surface area contributed by atoms with Gasteiger partial charge in [-0.05, 0) is 18.8 Å². The van der Waals surface area contributed by atoms with Gasteiger partial charge in [0, 0.05) is 32.2 Å². The number of hydrogen-bond donors (Lipinski definition) is 1. The average Bonchev–Trinajstić information content (AvgIpc) is 2.14. The minimum Gasteiger partial charge on any atom is -0.480 e. The Bertz CT molecular complexity index is 231. The molecule has 2 fully saturated rings. The van der Waals surface area contributed by atoms with Crippen molar-refractivity contribution >= 4 is 5.97 Å². The van der Waals surface area contributed by atoms with Crippen molar-refractivity contribution in [1.29, 1.82) is 0 Å². The highest BCUT2D eigenvalue weighted by Crippen LogP contribution is 2.31. The monoisotopic (exact) mass is 212 g/mol. The summed E-state index contributed by atoms with van der Waals surface area (Å²) in [6.07, 6.45) is 2.66. The summed E-state index contributed by atoms with van der Waals surface area (Å²) in [5.74, 6) is 0.188. The minimum absolute atomic E-state index is 0.203. The van der Waals surface area contributed by atoms with Gasteiger partial charge in [-0.3, -0.25) is 14.6 Å². The van der Waals surface area contributed by atoms with E-state index in [0.717, 1.165) is 38.1 Å². The highest BCUT2D eigenvalue weighted by Gasteiger charge is 2.32. The zero-order valence-electron chi connectivity index (χ0n) is 9.35. The van der Waals surface area contributed by atoms with Crippen LogP contribution in [0.25, 0.3) is 0 Å². The number of carboxylic acid groups (broad SMARTS) is 1. The lowest BCUT2D eigenvalue weighted by Gasteiger charge is -2.45. The lowest BCUT2D eigenvalue weighted by Crippen LogP contribution is -2.54. The summed E-state index contributed by atoms with van der Waals surface area (Å²) >= 11 is 0. The first kappa shape index (κ1) is 10.9. The van der Waals surface area contributed by atoms with E-state index in [1.54, 1.807) is 0 Å². The molecule has 1 N–H and O–H groups in total. The van der Waals surface area contributed by atoms with Crippen LogP contribution in [0.1, 0.15) is 19.8 Å². The van der Waals surface area contributed by atoms with Gasteiger partial charge in [0.25, 0.3) is 0 Å². The Balaban J connectivity index is 1.70. The molecule has 0 aromatic rings. The summed E-state index contributed by atoms with van der Waals surface area (Å²) in [7, 11) is 0. The number of nitrogens with zero attached hydrogens (tertiary/aromatic N) is 2. The number of piperazine rings is 1. The molecule has 0 bridgehead atoms. The Hall–Kier alpha value is -0.610. The van der Waals surface area contributed by atoms with Gasteiger partial charge in [-0.1, -0.05) is 6.92 Å². The van der Waals surface area contributed by atoms with Crippen molar-refractivity contribution in [3.8, 4) is 0 Å². The summed E-state index contributed by atoms with van der Waals surface area (Å²) in [6, 6.07) is 0.784. The van der Waals surface area contributed by atoms with Crippen LogP contribution in [0, 0.1) is 5.92 Å². The Morgan fingerprint density at radius 2 is 1.87 bits per heavy atom. The molecule has 0 aromatic carbocycles. The second-order valence-corrected chi connectivity index (χ2v) is 4.94. The summed E-state index contributed by atoms with van der Waals surface area (Å²) in [5, 5.41) is 8.68. The fourth-order valence-corrected chi connectivity index (χ4v) is 2.64. The SMILES string of the molecule is CC1CC(N2CCN(CC(=O)O)CC2)C1. The van der Waals surface area contributed by atoms with E-state index in [0.29, 0.717) is 0 Å². The maximum Gasteiger partial charge on any atom is 0.317 e. The van der Waals surface area contributed by atoms with Gasteiger partial charge in [0.2, 0.25) is 0 Å². The molecule has 1 heterocycles. The summed E-state index contributed by atoms with van der Waals surface area (Å²) in [4.78, 5) is 15.1. The maximum absolute atomic E-state index is 10.5. The molecule has 0 unspecified atom stereocenters. The number of hydrogen-bond acceptors (Lipinski definition) is 3. The van der Waals surface area contributed by atoms with Crippen LogP contribution >= 0.6 is 0 Å². The topological polar surface area (TPSA) is 43.8 Å². The molecule has 0 radical (unpaired) electrons. The molecule has 2 aliphatic rings. The number of carbonyl (C=O) groups is 1. The van der Waals surface area contributed by atoms with Crippen molar-refractivity contribution in [2.45, 2.75) is 25.8 Å². The first-order chi connectivity index (χ1) is 7.15. The van der Waals surface area contributed by atoms with E-state index in [4.69, 9.17) is 5.11 Å². The van der Waals surface area contributed by atoms with Crippen LogP contribution in [0.15, 0.2) is 0 Å². The molecule has 86 valence electrons. The fourth-order valence-electron chi connectivity index (χ4n) is 2.64. The Morgan fingerprint density at radius 3 is 2.33 bits per heavy atom. The predicted molar refractivity (Wildman–Crippen MR) is 57.8 cm³/mol. The van der Waals surface area contributed by atoms with Crippen molar-refractivity contribution in [3.63, 3.8) is 0 Å². The second kappa shape index (κ2) is 4.49. The van der Waals surface area contributed by atoms with Gasteiger partial charge in [-0.25, -0.2) is 0 Å². The van der Waals surface area contributed by atoms with E-state index < -0.39 is 5.97 Å². The molecule has 1 saturated heterocycles. The Kier molecular flexibility index (Phi) is 3.26. The van der Waals surface area contributed by atoms with Gasteiger partial charge < -0.3 is 5.11 Å². The third-order valence-electron chi connectivity index (χ3n) is 3.63. The van der Waals surface area contributed by atoms with Crippen LogP contribution in [0.3, 0.4) is 0 Å². The zero-order valence-corrected chi connectivity index (χ0v) is 9.35. The van der Waals surface area contributed by atoms with E-state index in [1.807, 2.05) is 4.90 Å². The smallest absolute Gasteiger partial charge is 0.317 e. The molecule has 0 spiro atoms. The average molecular weight is 212 g/mol. The standard InChI is InChI=1S/C11H20N2O2/c1-9-6-10(7-9)13-4-2-12(3-5-13)8-11(14)15/h9-10H,2-8H2,1H3,(H,14,15). The molecule has 4 heteroatoms. The van der Waals surface area contributed by atoms with E-state index in [9.17, 15) is 4.79 Å². The van der Waals surface area contributed by atoms with Gasteiger partial charge in [-0.2, -0.15) is 0 Å². The lowest BCUT2D eigenvalue weighted by molar-refractivity contribution is -0.138. The third-order valence-corrected chi connectivity index (χ3v) is 3.63. The van der Waals surface area contributed by atoms with Crippen molar-refractivity contribution < 1.29 is 9.90 Å². The van der Waals surface area contributed by atoms with E-state index in [1.165, 1.54) is 12.8 Å². The quantitative estimate of drug-likeness (QED) is 0.739. The lowest BCUT2D eigenvalue weighted by atomic mass is 9.80. The molecule has 1 saturated carbocycles. The molecule has 4 nitrogen and oxygen atoms in total. The fraction of sp³-hybridized carbons (Fsp3) is 0.909. The van der Waals surface area contributed by atoms with Crippen molar-refractivity contribution in [2.75, 3.05) is 32.7 Å². The van der Waals surface area contributed by atoms with Crippen LogP contribution in [0.5, 0.6) is 0 Å². The van der Waals surface area contributed by atoms with Gasteiger partial charge in [0.1, 0.15) is 0 Å².